The van der Waals surface area contributed by atoms with Crippen molar-refractivity contribution in [3.63, 3.8) is 0 Å². The van der Waals surface area contributed by atoms with E-state index in [1.165, 1.54) is 18.1 Å². The lowest BCUT2D eigenvalue weighted by Crippen LogP contribution is -2.53. The molecule has 11 heteroatoms. The van der Waals surface area contributed by atoms with Crippen LogP contribution < -0.4 is 24.5 Å². The van der Waals surface area contributed by atoms with Crippen molar-refractivity contribution in [3.8, 4) is 23.0 Å². The molecule has 6 atom stereocenters. The summed E-state index contributed by atoms with van der Waals surface area (Å²) in [5, 5.41) is 12.9. The predicted molar refractivity (Wildman–Crippen MR) is 231 cm³/mol. The molecular formula is C50H45N3O8. The number of carbonyl (C=O) groups is 4. The lowest BCUT2D eigenvalue weighted by molar-refractivity contribution is -0.138. The van der Waals surface area contributed by atoms with Crippen LogP contribution in [0.1, 0.15) is 46.6 Å². The third-order valence-corrected chi connectivity index (χ3v) is 13.0. The molecule has 11 nitrogen and oxygen atoms in total. The third-order valence-electron chi connectivity index (χ3n) is 13.0. The van der Waals surface area contributed by atoms with E-state index < -0.39 is 46.8 Å². The molecule has 0 spiro atoms. The average Bonchev–Trinajstić information content (AvgIpc) is 3.67. The smallest absolute Gasteiger partial charge is 0.260 e. The Morgan fingerprint density at radius 3 is 2.13 bits per heavy atom. The summed E-state index contributed by atoms with van der Waals surface area (Å²) in [4.78, 5) is 60.9. The van der Waals surface area contributed by atoms with E-state index >= 15 is 4.79 Å². The molecule has 2 N–H and O–H groups in total. The van der Waals surface area contributed by atoms with Gasteiger partial charge < -0.3 is 19.3 Å². The van der Waals surface area contributed by atoms with Gasteiger partial charge in [-0.3, -0.25) is 29.5 Å². The van der Waals surface area contributed by atoms with Crippen LogP contribution in [0, 0.1) is 30.6 Å². The first-order valence-electron chi connectivity index (χ1n) is 20.3. The molecule has 2 heterocycles. The van der Waals surface area contributed by atoms with Gasteiger partial charge in [-0.25, -0.2) is 0 Å². The zero-order chi connectivity index (χ0) is 42.6. The van der Waals surface area contributed by atoms with E-state index in [-0.39, 0.29) is 30.4 Å². The summed E-state index contributed by atoms with van der Waals surface area (Å²) in [6.45, 7) is 1.95. The summed E-state index contributed by atoms with van der Waals surface area (Å²) < 4.78 is 16.4. The van der Waals surface area contributed by atoms with Gasteiger partial charge in [-0.15, -0.1) is 0 Å². The Morgan fingerprint density at radius 2 is 1.44 bits per heavy atom. The molecule has 1 saturated carbocycles. The first kappa shape index (κ1) is 39.3. The van der Waals surface area contributed by atoms with Gasteiger partial charge in [0.25, 0.3) is 11.8 Å². The summed E-state index contributed by atoms with van der Waals surface area (Å²) >= 11 is 0. The van der Waals surface area contributed by atoms with Crippen LogP contribution in [-0.2, 0) is 24.6 Å². The van der Waals surface area contributed by atoms with Crippen molar-refractivity contribution in [2.75, 3.05) is 31.7 Å². The fraction of sp³-hybridized carbons (Fsp3) is 0.240. The molecule has 0 bridgehead atoms. The standard InChI is InChI=1S/C50H45N3O8/c1-29-10-16-33(17-11-29)51-53-47(56)41-28-40-37(45(38-22-20-36(60-3)27-42(38)54)50(41,49(53)58)32-8-6-5-7-9-32)23-24-39-44(40)48(57)52(46(39)55)34-18-13-30(14-19-34)12-15-31-26-35(59-2)21-25-43(31)61-4/h5-23,25-27,39-41,44-45,51,54H,24,28H2,1-4H3/t39-,40+,41-,44-,45+,50+/m0/s1. The lowest BCUT2D eigenvalue weighted by atomic mass is 9.49. The quantitative estimate of drug-likeness (QED) is 0.0815. The minimum atomic E-state index is -1.51. The number of anilines is 2. The number of nitrogens with zero attached hydrogens (tertiary/aromatic N) is 2. The van der Waals surface area contributed by atoms with Crippen molar-refractivity contribution < 1.29 is 38.5 Å². The van der Waals surface area contributed by atoms with Gasteiger partial charge in [0.05, 0.1) is 55.9 Å². The molecule has 308 valence electrons. The maximum atomic E-state index is 15.4. The summed E-state index contributed by atoms with van der Waals surface area (Å²) in [6.07, 6.45) is 6.18. The van der Waals surface area contributed by atoms with Gasteiger partial charge in [0.2, 0.25) is 11.8 Å². The van der Waals surface area contributed by atoms with Crippen LogP contribution in [0.4, 0.5) is 11.4 Å². The number of amides is 4. The fourth-order valence-corrected chi connectivity index (χ4v) is 10.1. The molecule has 61 heavy (non-hydrogen) atoms. The normalized spacial score (nSPS) is 24.3. The maximum Gasteiger partial charge on any atom is 0.260 e. The van der Waals surface area contributed by atoms with E-state index in [0.29, 0.717) is 39.8 Å². The minimum Gasteiger partial charge on any atom is -0.508 e. The number of benzene rings is 5. The number of hydrogen-bond acceptors (Lipinski definition) is 9. The van der Waals surface area contributed by atoms with Gasteiger partial charge in [-0.2, -0.15) is 5.01 Å². The molecule has 0 unspecified atom stereocenters. The van der Waals surface area contributed by atoms with Crippen molar-refractivity contribution in [1.29, 1.82) is 0 Å². The molecule has 4 amide bonds. The van der Waals surface area contributed by atoms with Crippen molar-refractivity contribution in [3.05, 3.63) is 155 Å². The van der Waals surface area contributed by atoms with E-state index in [1.807, 2.05) is 110 Å². The number of methoxy groups -OCH3 is 3. The van der Waals surface area contributed by atoms with Crippen molar-refractivity contribution >= 4 is 47.2 Å². The SMILES string of the molecule is COc1ccc([C@H]2C3=CC[C@@H]4C(=O)N(c5ccc(C=Cc6cc(OC)ccc6OC)cc5)C(=O)[C@@H]4[C@@H]3C[C@H]3C(=O)N(Nc4ccc(C)cc4)C(=O)[C@@]23c2ccccc2)c(O)c1. The average molecular weight is 816 g/mol. The summed E-state index contributed by atoms with van der Waals surface area (Å²) in [7, 11) is 4.71. The molecule has 9 rings (SSSR count). The second-order valence-electron chi connectivity index (χ2n) is 16.1. The van der Waals surface area contributed by atoms with E-state index in [9.17, 15) is 19.5 Å². The number of hydrazine groups is 1. The minimum absolute atomic E-state index is 0.110. The van der Waals surface area contributed by atoms with Crippen LogP contribution in [0.3, 0.4) is 0 Å². The van der Waals surface area contributed by atoms with Crippen LogP contribution >= 0.6 is 0 Å². The van der Waals surface area contributed by atoms with Crippen molar-refractivity contribution in [2.24, 2.45) is 23.7 Å². The molecule has 0 radical (unpaired) electrons. The molecular weight excluding hydrogens is 771 g/mol. The second kappa shape index (κ2) is 15.5. The lowest BCUT2D eigenvalue weighted by Gasteiger charge is -2.50. The number of rotatable bonds is 10. The maximum absolute atomic E-state index is 15.4. The number of hydrogen-bond donors (Lipinski definition) is 2. The van der Waals surface area contributed by atoms with Crippen molar-refractivity contribution in [2.45, 2.75) is 31.1 Å². The predicted octanol–water partition coefficient (Wildman–Crippen LogP) is 8.09. The van der Waals surface area contributed by atoms with Crippen LogP contribution in [0.2, 0.25) is 0 Å². The molecule has 3 fully saturated rings. The molecule has 2 aliphatic heterocycles. The second-order valence-corrected chi connectivity index (χ2v) is 16.1. The highest BCUT2D eigenvalue weighted by atomic mass is 16.5. The Kier molecular flexibility index (Phi) is 9.97. The zero-order valence-electron chi connectivity index (χ0n) is 34.2. The van der Waals surface area contributed by atoms with E-state index in [0.717, 1.165) is 27.3 Å². The number of imide groups is 2. The number of aryl methyl sites for hydroxylation is 1. The Labute approximate surface area is 353 Å². The number of nitrogens with one attached hydrogen (secondary N) is 1. The molecule has 2 saturated heterocycles. The first-order valence-corrected chi connectivity index (χ1v) is 20.3. The summed E-state index contributed by atoms with van der Waals surface area (Å²) in [6, 6.07) is 34.3. The monoisotopic (exact) mass is 815 g/mol. The number of allylic oxidation sites excluding steroid dienone is 2. The molecule has 4 aliphatic rings. The number of phenolic OH excluding ortho intramolecular Hbond substituents is 1. The number of phenols is 1. The number of fused-ring (bicyclic) bond motifs is 4. The molecule has 5 aromatic carbocycles. The Balaban J connectivity index is 1.11. The Morgan fingerprint density at radius 1 is 0.738 bits per heavy atom. The third kappa shape index (κ3) is 6.34. The van der Waals surface area contributed by atoms with Crippen LogP contribution in [0.25, 0.3) is 12.2 Å². The Hall–Kier alpha value is -7.14. The van der Waals surface area contributed by atoms with Gasteiger partial charge in [-0.1, -0.05) is 90.0 Å². The summed E-state index contributed by atoms with van der Waals surface area (Å²) in [5.41, 5.74) is 7.07. The van der Waals surface area contributed by atoms with Crippen LogP contribution in [-0.4, -0.2) is 55.1 Å². The fourth-order valence-electron chi connectivity index (χ4n) is 10.1. The van der Waals surface area contributed by atoms with Gasteiger partial charge in [0, 0.05) is 23.1 Å². The Bertz CT molecular complexity index is 2620. The molecule has 2 aliphatic carbocycles. The highest BCUT2D eigenvalue weighted by Crippen LogP contribution is 2.65. The number of carbonyl (C=O) groups excluding carboxylic acids is 4. The molecule has 5 aromatic rings. The van der Waals surface area contributed by atoms with E-state index in [1.54, 1.807) is 38.5 Å². The molecule has 0 aromatic heterocycles. The zero-order valence-corrected chi connectivity index (χ0v) is 34.2. The number of aromatic hydroxyl groups is 1. The van der Waals surface area contributed by atoms with Gasteiger partial charge in [-0.05, 0) is 85.3 Å². The first-order chi connectivity index (χ1) is 29.6. The van der Waals surface area contributed by atoms with Crippen LogP contribution in [0.15, 0.2) is 127 Å². The topological polar surface area (TPSA) is 135 Å². The van der Waals surface area contributed by atoms with Crippen LogP contribution in [0.5, 0.6) is 23.0 Å². The van der Waals surface area contributed by atoms with Gasteiger partial charge >= 0.3 is 0 Å². The van der Waals surface area contributed by atoms with Gasteiger partial charge in [0.1, 0.15) is 23.0 Å². The number of ether oxygens (including phenoxy) is 3. The van der Waals surface area contributed by atoms with E-state index in [2.05, 4.69) is 5.43 Å². The van der Waals surface area contributed by atoms with Gasteiger partial charge in [0.15, 0.2) is 0 Å². The summed E-state index contributed by atoms with van der Waals surface area (Å²) in [5.74, 6) is -3.80. The highest BCUT2D eigenvalue weighted by molar-refractivity contribution is 6.22. The van der Waals surface area contributed by atoms with E-state index in [4.69, 9.17) is 14.2 Å². The largest absolute Gasteiger partial charge is 0.508 e. The van der Waals surface area contributed by atoms with Crippen molar-refractivity contribution in [1.82, 2.24) is 5.01 Å². The highest BCUT2D eigenvalue weighted by Gasteiger charge is 2.70.